The Labute approximate surface area is 162 Å². The molecule has 4 rings (SSSR count). The van der Waals surface area contributed by atoms with Crippen LogP contribution in [0.1, 0.15) is 38.3 Å². The van der Waals surface area contributed by atoms with Crippen LogP contribution in [0.25, 0.3) is 0 Å². The minimum absolute atomic E-state index is 0.170. The van der Waals surface area contributed by atoms with Crippen LogP contribution in [0.2, 0.25) is 0 Å². The lowest BCUT2D eigenvalue weighted by Gasteiger charge is -2.19. The molecule has 0 radical (unpaired) electrons. The number of benzene rings is 1. The van der Waals surface area contributed by atoms with Crippen LogP contribution in [0.15, 0.2) is 24.5 Å². The molecule has 1 aromatic carbocycles. The fourth-order valence-electron chi connectivity index (χ4n) is 3.52. The van der Waals surface area contributed by atoms with Gasteiger partial charge < -0.3 is 14.8 Å². The first kappa shape index (κ1) is 18.2. The number of carbonyl (C=O) groups is 2. The van der Waals surface area contributed by atoms with Crippen LogP contribution in [0.5, 0.6) is 17.4 Å². The molecule has 0 aliphatic carbocycles. The fourth-order valence-corrected chi connectivity index (χ4v) is 3.52. The maximum Gasteiger partial charge on any atom is 0.330 e. The van der Waals surface area contributed by atoms with Gasteiger partial charge in [0.15, 0.2) is 5.82 Å². The topological polar surface area (TPSA) is 93.7 Å². The summed E-state index contributed by atoms with van der Waals surface area (Å²) in [6.07, 6.45) is 3.29. The standard InChI is InChI=1S/C20H22N4O4/c1-5-12-18(25)24(19(26)23-12)14-8-22-15(9-21-14)28-13-7-6-11(2)17-16(13)20(3,4)10-27-17/h6-9,12H,5,10H2,1-4H3,(H,23,26)/t12-/m1/s1. The second kappa shape index (κ2) is 6.47. The predicted octanol–water partition coefficient (Wildman–Crippen LogP) is 3.08. The second-order valence-electron chi connectivity index (χ2n) is 7.66. The van der Waals surface area contributed by atoms with Crippen molar-refractivity contribution in [1.29, 1.82) is 0 Å². The number of hydrogen-bond acceptors (Lipinski definition) is 6. The van der Waals surface area contributed by atoms with E-state index in [1.807, 2.05) is 26.0 Å². The summed E-state index contributed by atoms with van der Waals surface area (Å²) in [6.45, 7) is 8.61. The largest absolute Gasteiger partial charge is 0.492 e. The average Bonchev–Trinajstić information content (AvgIpc) is 3.14. The molecule has 3 amide bonds. The van der Waals surface area contributed by atoms with Gasteiger partial charge in [0.05, 0.1) is 19.0 Å². The Kier molecular flexibility index (Phi) is 4.21. The zero-order valence-corrected chi connectivity index (χ0v) is 16.3. The van der Waals surface area contributed by atoms with Crippen LogP contribution < -0.4 is 19.7 Å². The van der Waals surface area contributed by atoms with E-state index in [9.17, 15) is 9.59 Å². The van der Waals surface area contributed by atoms with Crippen molar-refractivity contribution < 1.29 is 19.1 Å². The molecule has 1 N–H and O–H groups in total. The number of ether oxygens (including phenoxy) is 2. The van der Waals surface area contributed by atoms with Crippen molar-refractivity contribution in [2.24, 2.45) is 0 Å². The first-order chi connectivity index (χ1) is 13.3. The Morgan fingerprint density at radius 3 is 2.71 bits per heavy atom. The summed E-state index contributed by atoms with van der Waals surface area (Å²) in [7, 11) is 0. The van der Waals surface area contributed by atoms with E-state index in [1.165, 1.54) is 12.4 Å². The van der Waals surface area contributed by atoms with Crippen molar-refractivity contribution in [3.05, 3.63) is 35.7 Å². The van der Waals surface area contributed by atoms with E-state index in [-0.39, 0.29) is 23.0 Å². The number of anilines is 1. The SMILES string of the molecule is CC[C@H]1NC(=O)N(c2cnc(Oc3ccc(C)c4c3C(C)(C)CO4)cn2)C1=O. The highest BCUT2D eigenvalue weighted by Crippen LogP contribution is 2.46. The van der Waals surface area contributed by atoms with Gasteiger partial charge in [0, 0.05) is 11.0 Å². The number of imide groups is 1. The van der Waals surface area contributed by atoms with Crippen LogP contribution >= 0.6 is 0 Å². The van der Waals surface area contributed by atoms with Crippen molar-refractivity contribution in [2.45, 2.75) is 45.6 Å². The molecule has 28 heavy (non-hydrogen) atoms. The number of nitrogens with zero attached hydrogens (tertiary/aromatic N) is 3. The molecule has 1 atom stereocenters. The molecule has 2 aliphatic heterocycles. The number of nitrogens with one attached hydrogen (secondary N) is 1. The zero-order chi connectivity index (χ0) is 20.1. The van der Waals surface area contributed by atoms with Gasteiger partial charge in [-0.2, -0.15) is 0 Å². The van der Waals surface area contributed by atoms with E-state index in [1.54, 1.807) is 0 Å². The first-order valence-electron chi connectivity index (χ1n) is 9.23. The summed E-state index contributed by atoms with van der Waals surface area (Å²) in [4.78, 5) is 33.8. The van der Waals surface area contributed by atoms with E-state index in [4.69, 9.17) is 9.47 Å². The van der Waals surface area contributed by atoms with Gasteiger partial charge in [0.2, 0.25) is 5.88 Å². The van der Waals surface area contributed by atoms with Crippen molar-refractivity contribution in [3.63, 3.8) is 0 Å². The minimum Gasteiger partial charge on any atom is -0.492 e. The molecule has 0 spiro atoms. The summed E-state index contributed by atoms with van der Waals surface area (Å²) in [5.41, 5.74) is 1.87. The van der Waals surface area contributed by atoms with Crippen molar-refractivity contribution in [1.82, 2.24) is 15.3 Å². The molecule has 8 nitrogen and oxygen atoms in total. The number of aryl methyl sites for hydroxylation is 1. The summed E-state index contributed by atoms with van der Waals surface area (Å²) in [5, 5.41) is 2.62. The lowest BCUT2D eigenvalue weighted by Crippen LogP contribution is -2.32. The molecule has 146 valence electrons. The molecule has 2 aliphatic rings. The van der Waals surface area contributed by atoms with Crippen LogP contribution in [-0.2, 0) is 10.2 Å². The maximum atomic E-state index is 12.3. The third kappa shape index (κ3) is 2.85. The molecule has 1 fully saturated rings. The van der Waals surface area contributed by atoms with Gasteiger partial charge in [-0.05, 0) is 25.0 Å². The Balaban J connectivity index is 1.60. The van der Waals surface area contributed by atoms with E-state index in [2.05, 4.69) is 29.1 Å². The molecular weight excluding hydrogens is 360 g/mol. The number of urea groups is 1. The number of rotatable bonds is 4. The summed E-state index contributed by atoms with van der Waals surface area (Å²) < 4.78 is 11.8. The lowest BCUT2D eigenvalue weighted by atomic mass is 9.85. The summed E-state index contributed by atoms with van der Waals surface area (Å²) in [6, 6.07) is 2.82. The zero-order valence-electron chi connectivity index (χ0n) is 16.3. The van der Waals surface area contributed by atoms with Crippen LogP contribution in [0, 0.1) is 6.92 Å². The van der Waals surface area contributed by atoms with Gasteiger partial charge in [-0.1, -0.05) is 26.8 Å². The molecule has 3 heterocycles. The number of aromatic nitrogens is 2. The average molecular weight is 382 g/mol. The Morgan fingerprint density at radius 2 is 2.07 bits per heavy atom. The molecule has 1 saturated heterocycles. The third-order valence-corrected chi connectivity index (χ3v) is 5.06. The molecule has 0 bridgehead atoms. The van der Waals surface area contributed by atoms with E-state index < -0.39 is 12.1 Å². The number of hydrogen-bond donors (Lipinski definition) is 1. The third-order valence-electron chi connectivity index (χ3n) is 5.06. The Morgan fingerprint density at radius 1 is 1.29 bits per heavy atom. The van der Waals surface area contributed by atoms with Crippen molar-refractivity contribution >= 4 is 17.8 Å². The first-order valence-corrected chi connectivity index (χ1v) is 9.23. The summed E-state index contributed by atoms with van der Waals surface area (Å²) in [5.74, 6) is 1.62. The highest BCUT2D eigenvalue weighted by Gasteiger charge is 2.39. The normalized spacial score (nSPS) is 20.0. The van der Waals surface area contributed by atoms with Gasteiger partial charge in [-0.3, -0.25) is 4.79 Å². The molecule has 8 heteroatoms. The van der Waals surface area contributed by atoms with Gasteiger partial charge in [0.1, 0.15) is 17.5 Å². The highest BCUT2D eigenvalue weighted by atomic mass is 16.5. The van der Waals surface area contributed by atoms with Gasteiger partial charge in [0.25, 0.3) is 5.91 Å². The highest BCUT2D eigenvalue weighted by molar-refractivity contribution is 6.20. The minimum atomic E-state index is -0.525. The van der Waals surface area contributed by atoms with E-state index in [0.29, 0.717) is 18.8 Å². The van der Waals surface area contributed by atoms with Gasteiger partial charge >= 0.3 is 6.03 Å². The quantitative estimate of drug-likeness (QED) is 0.817. The molecule has 2 aromatic rings. The lowest BCUT2D eigenvalue weighted by molar-refractivity contribution is -0.118. The molecule has 0 saturated carbocycles. The number of carbonyl (C=O) groups excluding carboxylic acids is 2. The van der Waals surface area contributed by atoms with Gasteiger partial charge in [-0.25, -0.2) is 19.7 Å². The summed E-state index contributed by atoms with van der Waals surface area (Å²) >= 11 is 0. The smallest absolute Gasteiger partial charge is 0.330 e. The van der Waals surface area contributed by atoms with Crippen molar-refractivity contribution in [3.8, 4) is 17.4 Å². The molecular formula is C20H22N4O4. The number of amides is 3. The Hall–Kier alpha value is -3.16. The van der Waals surface area contributed by atoms with Crippen LogP contribution in [-0.4, -0.2) is 34.6 Å². The second-order valence-corrected chi connectivity index (χ2v) is 7.66. The fraction of sp³-hybridized carbons (Fsp3) is 0.400. The van der Waals surface area contributed by atoms with Crippen LogP contribution in [0.4, 0.5) is 10.6 Å². The molecule has 1 aromatic heterocycles. The predicted molar refractivity (Wildman–Crippen MR) is 102 cm³/mol. The number of fused-ring (bicyclic) bond motifs is 1. The molecule has 0 unspecified atom stereocenters. The van der Waals surface area contributed by atoms with Gasteiger partial charge in [-0.15, -0.1) is 0 Å². The van der Waals surface area contributed by atoms with Crippen molar-refractivity contribution in [2.75, 3.05) is 11.5 Å². The Bertz CT molecular complexity index is 955. The van der Waals surface area contributed by atoms with Crippen LogP contribution in [0.3, 0.4) is 0 Å². The maximum absolute atomic E-state index is 12.3. The van der Waals surface area contributed by atoms with E-state index >= 15 is 0 Å². The van der Waals surface area contributed by atoms with E-state index in [0.717, 1.165) is 21.8 Å². The monoisotopic (exact) mass is 382 g/mol.